The molecule has 2 rings (SSSR count). The number of hydrogen-bond donors (Lipinski definition) is 1. The normalized spacial score (nSPS) is 11.4. The average Bonchev–Trinajstić information content (AvgIpc) is 2.62. The molecule has 0 fully saturated rings. The first-order chi connectivity index (χ1) is 11.1. The van der Waals surface area contributed by atoms with E-state index < -0.39 is 5.97 Å². The van der Waals surface area contributed by atoms with Gasteiger partial charge >= 0.3 is 11.7 Å². The van der Waals surface area contributed by atoms with Crippen molar-refractivity contribution >= 4 is 30.1 Å². The number of ketones is 1. The Balaban J connectivity index is 2.51. The molecule has 0 atom stereocenters. The number of esters is 1. The number of allylic oxidation sites excluding steroid dienone is 1. The van der Waals surface area contributed by atoms with Crippen LogP contribution in [0.15, 0.2) is 59.8 Å². The summed E-state index contributed by atoms with van der Waals surface area (Å²) >= 11 is 4.26. The quantitative estimate of drug-likeness (QED) is 0.300. The molecule has 1 heterocycles. The lowest BCUT2D eigenvalue weighted by Gasteiger charge is -2.05. The molecular formula is C17H16NO4S+. The summed E-state index contributed by atoms with van der Waals surface area (Å²) in [5.41, 5.74) is 0.473. The maximum atomic E-state index is 12.5. The number of aromatic nitrogens is 1. The van der Waals surface area contributed by atoms with Gasteiger partial charge in [0.15, 0.2) is 12.4 Å². The molecule has 23 heavy (non-hydrogen) atoms. The molecule has 0 radical (unpaired) electrons. The molecule has 0 amide bonds. The van der Waals surface area contributed by atoms with E-state index in [4.69, 9.17) is 9.47 Å². The van der Waals surface area contributed by atoms with Crippen LogP contribution in [-0.2, 0) is 9.53 Å². The van der Waals surface area contributed by atoms with E-state index in [1.54, 1.807) is 62.0 Å². The van der Waals surface area contributed by atoms with E-state index in [1.807, 2.05) is 0 Å². The molecule has 2 aromatic rings. The van der Waals surface area contributed by atoms with E-state index in [0.29, 0.717) is 11.3 Å². The molecule has 0 bridgehead atoms. The van der Waals surface area contributed by atoms with Gasteiger partial charge in [-0.3, -0.25) is 4.79 Å². The smallest absolute Gasteiger partial charge is 0.405 e. The standard InChI is InChI=1S/C17H15NO4S/c1-21-13-8-10-18(11-9-13)14(17(20)22-2)16(23)15(19)12-6-4-3-5-7-12/h3-11H,1-2H3/p+1. The fraction of sp³-hybridized carbons (Fsp3) is 0.118. The molecule has 118 valence electrons. The van der Waals surface area contributed by atoms with Crippen molar-refractivity contribution in [2.24, 2.45) is 0 Å². The zero-order valence-electron chi connectivity index (χ0n) is 12.7. The van der Waals surface area contributed by atoms with Gasteiger partial charge in [0, 0.05) is 17.7 Å². The molecule has 5 nitrogen and oxygen atoms in total. The SMILES string of the molecule is COC(=O)/C(=C(/S)C(=O)c1ccccc1)[n+]1ccc(OC)cc1. The fourth-order valence-electron chi connectivity index (χ4n) is 1.95. The van der Waals surface area contributed by atoms with Crippen molar-refractivity contribution in [3.05, 3.63) is 65.3 Å². The summed E-state index contributed by atoms with van der Waals surface area (Å²) in [6.45, 7) is 0. The topological polar surface area (TPSA) is 56.5 Å². The molecular weight excluding hydrogens is 314 g/mol. The minimum atomic E-state index is -0.658. The summed E-state index contributed by atoms with van der Waals surface area (Å²) in [6, 6.07) is 11.9. The van der Waals surface area contributed by atoms with Crippen LogP contribution in [-0.4, -0.2) is 26.0 Å². The summed E-state index contributed by atoms with van der Waals surface area (Å²) in [7, 11) is 2.79. The van der Waals surface area contributed by atoms with Gasteiger partial charge in [-0.15, -0.1) is 12.6 Å². The number of thiol groups is 1. The highest BCUT2D eigenvalue weighted by Crippen LogP contribution is 2.18. The largest absolute Gasteiger partial charge is 0.496 e. The van der Waals surface area contributed by atoms with Gasteiger partial charge in [-0.1, -0.05) is 30.3 Å². The van der Waals surface area contributed by atoms with Crippen LogP contribution >= 0.6 is 12.6 Å². The zero-order valence-corrected chi connectivity index (χ0v) is 13.6. The monoisotopic (exact) mass is 330 g/mol. The number of methoxy groups -OCH3 is 2. The Labute approximate surface area is 139 Å². The predicted molar refractivity (Wildman–Crippen MR) is 88.2 cm³/mol. The Hall–Kier alpha value is -2.60. The van der Waals surface area contributed by atoms with E-state index in [2.05, 4.69) is 12.6 Å². The molecule has 0 saturated carbocycles. The zero-order chi connectivity index (χ0) is 16.8. The summed E-state index contributed by atoms with van der Waals surface area (Å²) in [4.78, 5) is 24.6. The lowest BCUT2D eigenvalue weighted by molar-refractivity contribution is -0.578. The van der Waals surface area contributed by atoms with Crippen LogP contribution in [0.5, 0.6) is 5.75 Å². The van der Waals surface area contributed by atoms with Crippen molar-refractivity contribution in [1.29, 1.82) is 0 Å². The van der Waals surface area contributed by atoms with Crippen LogP contribution < -0.4 is 9.30 Å². The predicted octanol–water partition coefficient (Wildman–Crippen LogP) is 2.14. The Bertz CT molecular complexity index is 739. The summed E-state index contributed by atoms with van der Waals surface area (Å²) < 4.78 is 11.3. The van der Waals surface area contributed by atoms with Crippen LogP contribution in [0.4, 0.5) is 0 Å². The van der Waals surface area contributed by atoms with Gasteiger partial charge in [-0.25, -0.2) is 4.79 Å². The van der Waals surface area contributed by atoms with Crippen LogP contribution in [0.3, 0.4) is 0 Å². The van der Waals surface area contributed by atoms with E-state index in [-0.39, 0.29) is 16.4 Å². The van der Waals surface area contributed by atoms with Gasteiger partial charge in [0.2, 0.25) is 5.78 Å². The molecule has 1 aromatic heterocycles. The number of hydrogen-bond acceptors (Lipinski definition) is 5. The van der Waals surface area contributed by atoms with Crippen molar-refractivity contribution in [2.75, 3.05) is 14.2 Å². The first kappa shape index (κ1) is 16.8. The molecule has 0 unspecified atom stereocenters. The highest BCUT2D eigenvalue weighted by molar-refractivity contribution is 7.86. The first-order valence-corrected chi connectivity index (χ1v) is 7.20. The highest BCUT2D eigenvalue weighted by Gasteiger charge is 2.29. The third-order valence-corrected chi connectivity index (χ3v) is 3.56. The molecule has 1 aromatic carbocycles. The highest BCUT2D eigenvalue weighted by atomic mass is 32.1. The molecule has 0 spiro atoms. The van der Waals surface area contributed by atoms with Gasteiger partial charge in [-0.05, 0) is 0 Å². The van der Waals surface area contributed by atoms with Crippen molar-refractivity contribution in [3.8, 4) is 5.75 Å². The number of Topliss-reactive ketones (excluding diaryl/α,β-unsaturated/α-hetero) is 1. The second kappa shape index (κ2) is 7.60. The number of nitrogens with zero attached hydrogens (tertiary/aromatic N) is 1. The number of pyridine rings is 1. The van der Waals surface area contributed by atoms with Crippen LogP contribution in [0, 0.1) is 0 Å². The summed E-state index contributed by atoms with van der Waals surface area (Å²) in [5, 5.41) is 0. The maximum absolute atomic E-state index is 12.5. The van der Waals surface area contributed by atoms with Crippen molar-refractivity contribution in [3.63, 3.8) is 0 Å². The van der Waals surface area contributed by atoms with Gasteiger partial charge < -0.3 is 9.47 Å². The second-order valence-electron chi connectivity index (χ2n) is 4.53. The minimum Gasteiger partial charge on any atom is -0.496 e. The third kappa shape index (κ3) is 3.78. The number of carbonyl (C=O) groups is 2. The Kier molecular flexibility index (Phi) is 5.54. The number of ether oxygens (including phenoxy) is 2. The third-order valence-electron chi connectivity index (χ3n) is 3.15. The van der Waals surface area contributed by atoms with Crippen molar-refractivity contribution in [1.82, 2.24) is 0 Å². The summed E-state index contributed by atoms with van der Waals surface area (Å²) in [6.07, 6.45) is 3.19. The van der Waals surface area contributed by atoms with Crippen molar-refractivity contribution < 1.29 is 23.6 Å². The number of rotatable bonds is 5. The Morgan fingerprint density at radius 3 is 2.13 bits per heavy atom. The second-order valence-corrected chi connectivity index (χ2v) is 4.98. The average molecular weight is 330 g/mol. The molecule has 0 aliphatic heterocycles. The van der Waals surface area contributed by atoms with Crippen molar-refractivity contribution in [2.45, 2.75) is 0 Å². The molecule has 0 aliphatic carbocycles. The van der Waals surface area contributed by atoms with Gasteiger partial charge in [0.1, 0.15) is 10.7 Å². The van der Waals surface area contributed by atoms with Gasteiger partial charge in [-0.2, -0.15) is 4.57 Å². The van der Waals surface area contributed by atoms with Crippen LogP contribution in [0.1, 0.15) is 10.4 Å². The Morgan fingerprint density at radius 1 is 1.00 bits per heavy atom. The van der Waals surface area contributed by atoms with E-state index >= 15 is 0 Å². The minimum absolute atomic E-state index is 0.00165. The molecule has 0 N–H and O–H groups in total. The van der Waals surface area contributed by atoms with Gasteiger partial charge in [0.05, 0.1) is 14.2 Å². The summed E-state index contributed by atoms with van der Waals surface area (Å²) in [5.74, 6) is -0.396. The lowest BCUT2D eigenvalue weighted by atomic mass is 10.1. The maximum Gasteiger partial charge on any atom is 0.405 e. The van der Waals surface area contributed by atoms with E-state index in [0.717, 1.165) is 0 Å². The van der Waals surface area contributed by atoms with Gasteiger partial charge in [0.25, 0.3) is 0 Å². The number of carbonyl (C=O) groups excluding carboxylic acids is 2. The molecule has 6 heteroatoms. The molecule has 0 saturated heterocycles. The fourth-order valence-corrected chi connectivity index (χ4v) is 2.29. The van der Waals surface area contributed by atoms with E-state index in [9.17, 15) is 9.59 Å². The first-order valence-electron chi connectivity index (χ1n) is 6.75. The van der Waals surface area contributed by atoms with Crippen LogP contribution in [0.2, 0.25) is 0 Å². The number of benzene rings is 1. The Morgan fingerprint density at radius 2 is 1.61 bits per heavy atom. The van der Waals surface area contributed by atoms with E-state index in [1.165, 1.54) is 11.7 Å². The lowest BCUT2D eigenvalue weighted by Crippen LogP contribution is -2.37. The molecule has 0 aliphatic rings. The van der Waals surface area contributed by atoms with Crippen LogP contribution in [0.25, 0.3) is 5.70 Å².